The van der Waals surface area contributed by atoms with Gasteiger partial charge in [0.05, 0.1) is 6.26 Å². The van der Waals surface area contributed by atoms with E-state index in [9.17, 15) is 21.6 Å². The number of alkyl halides is 3. The van der Waals surface area contributed by atoms with Gasteiger partial charge in [-0.15, -0.1) is 0 Å². The molecule has 0 spiro atoms. The van der Waals surface area contributed by atoms with Crippen LogP contribution in [0.3, 0.4) is 0 Å². The Kier molecular flexibility index (Phi) is 2.36. The van der Waals surface area contributed by atoms with Crippen LogP contribution in [-0.4, -0.2) is 26.4 Å². The Morgan fingerprint density at radius 2 is 1.77 bits per heavy atom. The van der Waals surface area contributed by atoms with E-state index in [1.807, 2.05) is 0 Å². The first-order valence-electron chi connectivity index (χ1n) is 3.72. The van der Waals surface area contributed by atoms with Crippen molar-refractivity contribution < 1.29 is 21.6 Å². The summed E-state index contributed by atoms with van der Waals surface area (Å²) in [5, 5.41) is 0. The van der Waals surface area contributed by atoms with Crippen LogP contribution in [0.4, 0.5) is 13.2 Å². The summed E-state index contributed by atoms with van der Waals surface area (Å²) in [7, 11) is -3.80. The molecule has 1 aliphatic rings. The Bertz CT molecular complexity index is 291. The Morgan fingerprint density at radius 3 is 1.85 bits per heavy atom. The fourth-order valence-electron chi connectivity index (χ4n) is 1.33. The van der Waals surface area contributed by atoms with Crippen LogP contribution in [0.2, 0.25) is 0 Å². The molecule has 0 aliphatic heterocycles. The molecule has 0 atom stereocenters. The van der Waals surface area contributed by atoms with Crippen molar-refractivity contribution in [3.8, 4) is 0 Å². The standard InChI is InChI=1S/C6H10F3NO2S/c1-13(11,12)10-5(3-2-4-5)6(7,8)9/h10H,2-4H2,1H3. The van der Waals surface area contributed by atoms with Gasteiger partial charge < -0.3 is 0 Å². The van der Waals surface area contributed by atoms with E-state index in [-0.39, 0.29) is 12.8 Å². The second-order valence-corrected chi connectivity index (χ2v) is 5.06. The average molecular weight is 217 g/mol. The van der Waals surface area contributed by atoms with Crippen LogP contribution in [0.15, 0.2) is 0 Å². The van der Waals surface area contributed by atoms with Crippen LogP contribution in [0, 0.1) is 0 Å². The maximum Gasteiger partial charge on any atom is 0.407 e. The molecule has 1 fully saturated rings. The first-order valence-corrected chi connectivity index (χ1v) is 5.61. The Labute approximate surface area is 74.4 Å². The van der Waals surface area contributed by atoms with Gasteiger partial charge in [-0.05, 0) is 19.3 Å². The van der Waals surface area contributed by atoms with E-state index < -0.39 is 21.7 Å². The molecule has 0 radical (unpaired) electrons. The summed E-state index contributed by atoms with van der Waals surface area (Å²) in [4.78, 5) is 0. The zero-order valence-corrected chi connectivity index (χ0v) is 7.80. The lowest BCUT2D eigenvalue weighted by Gasteiger charge is -2.42. The maximum atomic E-state index is 12.4. The number of hydrogen-bond acceptors (Lipinski definition) is 2. The molecule has 78 valence electrons. The minimum absolute atomic E-state index is 0.163. The average Bonchev–Trinajstić information content (AvgIpc) is 1.73. The summed E-state index contributed by atoms with van der Waals surface area (Å²) in [5.74, 6) is 0. The van der Waals surface area contributed by atoms with E-state index in [1.54, 1.807) is 4.72 Å². The predicted molar refractivity (Wildman–Crippen MR) is 40.6 cm³/mol. The summed E-state index contributed by atoms with van der Waals surface area (Å²) in [5.41, 5.74) is -2.19. The fraction of sp³-hybridized carbons (Fsp3) is 1.00. The lowest BCUT2D eigenvalue weighted by molar-refractivity contribution is -0.212. The van der Waals surface area contributed by atoms with Gasteiger partial charge in [0, 0.05) is 0 Å². The van der Waals surface area contributed by atoms with Gasteiger partial charge >= 0.3 is 6.18 Å². The van der Waals surface area contributed by atoms with Crippen LogP contribution < -0.4 is 4.72 Å². The van der Waals surface area contributed by atoms with Crippen LogP contribution >= 0.6 is 0 Å². The number of nitrogens with one attached hydrogen (secondary N) is 1. The first kappa shape index (κ1) is 10.8. The lowest BCUT2D eigenvalue weighted by Crippen LogP contribution is -2.62. The number of hydrogen-bond donors (Lipinski definition) is 1. The van der Waals surface area contributed by atoms with E-state index in [4.69, 9.17) is 0 Å². The van der Waals surface area contributed by atoms with Crippen LogP contribution in [-0.2, 0) is 10.0 Å². The molecule has 7 heteroatoms. The number of rotatable bonds is 2. The highest BCUT2D eigenvalue weighted by Crippen LogP contribution is 2.45. The normalized spacial score (nSPS) is 22.5. The zero-order chi connectivity index (χ0) is 10.3. The summed E-state index contributed by atoms with van der Waals surface area (Å²) in [6, 6.07) is 0. The Balaban J connectivity index is 2.84. The van der Waals surface area contributed by atoms with Crippen molar-refractivity contribution in [1.29, 1.82) is 0 Å². The van der Waals surface area contributed by atoms with Gasteiger partial charge in [-0.2, -0.15) is 13.2 Å². The van der Waals surface area contributed by atoms with E-state index in [0.717, 1.165) is 6.26 Å². The summed E-state index contributed by atoms with van der Waals surface area (Å²) in [6.45, 7) is 0. The first-order chi connectivity index (χ1) is 5.66. The molecule has 0 bridgehead atoms. The smallest absolute Gasteiger partial charge is 0.213 e. The molecule has 0 saturated heterocycles. The molecule has 3 nitrogen and oxygen atoms in total. The summed E-state index contributed by atoms with van der Waals surface area (Å²) in [6.07, 6.45) is -3.68. The maximum absolute atomic E-state index is 12.4. The molecule has 13 heavy (non-hydrogen) atoms. The SMILES string of the molecule is CS(=O)(=O)NC1(C(F)(F)F)CCC1. The zero-order valence-electron chi connectivity index (χ0n) is 6.98. The quantitative estimate of drug-likeness (QED) is 0.750. The third kappa shape index (κ3) is 2.14. The highest BCUT2D eigenvalue weighted by atomic mass is 32.2. The number of sulfonamides is 1. The van der Waals surface area contributed by atoms with E-state index in [2.05, 4.69) is 0 Å². The minimum Gasteiger partial charge on any atom is -0.213 e. The van der Waals surface area contributed by atoms with Crippen LogP contribution in [0.1, 0.15) is 19.3 Å². The molecular weight excluding hydrogens is 207 g/mol. The van der Waals surface area contributed by atoms with Gasteiger partial charge in [-0.3, -0.25) is 0 Å². The van der Waals surface area contributed by atoms with Gasteiger partial charge in [-0.25, -0.2) is 13.1 Å². The Hall–Kier alpha value is -0.300. The highest BCUT2D eigenvalue weighted by Gasteiger charge is 2.59. The monoisotopic (exact) mass is 217 g/mol. The van der Waals surface area contributed by atoms with E-state index in [1.165, 1.54) is 0 Å². The second kappa shape index (κ2) is 2.84. The third-order valence-corrected chi connectivity index (χ3v) is 2.89. The molecule has 1 rings (SSSR count). The van der Waals surface area contributed by atoms with Crippen molar-refractivity contribution in [3.63, 3.8) is 0 Å². The topological polar surface area (TPSA) is 46.2 Å². The van der Waals surface area contributed by atoms with Crippen molar-refractivity contribution in [2.45, 2.75) is 31.0 Å². The van der Waals surface area contributed by atoms with E-state index >= 15 is 0 Å². The second-order valence-electron chi connectivity index (χ2n) is 3.31. The van der Waals surface area contributed by atoms with Crippen LogP contribution in [0.25, 0.3) is 0 Å². The third-order valence-electron chi connectivity index (χ3n) is 2.13. The van der Waals surface area contributed by atoms with Gasteiger partial charge in [0.15, 0.2) is 0 Å². The minimum atomic E-state index is -4.49. The Morgan fingerprint density at radius 1 is 1.31 bits per heavy atom. The van der Waals surface area contributed by atoms with Crippen LogP contribution in [0.5, 0.6) is 0 Å². The summed E-state index contributed by atoms with van der Waals surface area (Å²) < 4.78 is 60.1. The molecule has 0 unspecified atom stereocenters. The lowest BCUT2D eigenvalue weighted by atomic mass is 9.77. The molecule has 1 aliphatic carbocycles. The van der Waals surface area contributed by atoms with Gasteiger partial charge in [0.2, 0.25) is 10.0 Å². The number of halogens is 3. The molecule has 0 amide bonds. The largest absolute Gasteiger partial charge is 0.407 e. The molecule has 0 aromatic carbocycles. The van der Waals surface area contributed by atoms with Crippen molar-refractivity contribution in [1.82, 2.24) is 4.72 Å². The van der Waals surface area contributed by atoms with Gasteiger partial charge in [0.1, 0.15) is 5.54 Å². The van der Waals surface area contributed by atoms with Gasteiger partial charge in [0.25, 0.3) is 0 Å². The molecule has 0 aromatic heterocycles. The van der Waals surface area contributed by atoms with Crippen molar-refractivity contribution in [3.05, 3.63) is 0 Å². The summed E-state index contributed by atoms with van der Waals surface area (Å²) >= 11 is 0. The molecule has 0 heterocycles. The molecular formula is C6H10F3NO2S. The molecule has 1 N–H and O–H groups in total. The van der Waals surface area contributed by atoms with E-state index in [0.29, 0.717) is 6.42 Å². The predicted octanol–water partition coefficient (Wildman–Crippen LogP) is 1.02. The van der Waals surface area contributed by atoms with Crippen molar-refractivity contribution in [2.24, 2.45) is 0 Å². The molecule has 1 saturated carbocycles. The molecule has 0 aromatic rings. The van der Waals surface area contributed by atoms with Gasteiger partial charge in [-0.1, -0.05) is 0 Å². The van der Waals surface area contributed by atoms with Crippen molar-refractivity contribution in [2.75, 3.05) is 6.26 Å². The fourth-order valence-corrected chi connectivity index (χ4v) is 2.36. The highest BCUT2D eigenvalue weighted by molar-refractivity contribution is 7.88. The van der Waals surface area contributed by atoms with Crippen molar-refractivity contribution >= 4 is 10.0 Å².